The highest BCUT2D eigenvalue weighted by Crippen LogP contribution is 2.31. The van der Waals surface area contributed by atoms with Gasteiger partial charge in [0.05, 0.1) is 5.69 Å². The predicted molar refractivity (Wildman–Crippen MR) is 120 cm³/mol. The minimum absolute atomic E-state index is 0.102. The molecular weight excluding hydrogens is 406 g/mol. The summed E-state index contributed by atoms with van der Waals surface area (Å²) in [7, 11) is 0. The number of nitrogens with zero attached hydrogens (tertiary/aromatic N) is 2. The molecule has 32 heavy (non-hydrogen) atoms. The number of hydrogen-bond donors (Lipinski definition) is 1. The van der Waals surface area contributed by atoms with E-state index >= 15 is 0 Å². The molecule has 164 valence electrons. The summed E-state index contributed by atoms with van der Waals surface area (Å²) in [5.74, 6) is 2.04. The van der Waals surface area contributed by atoms with Crippen LogP contribution in [0.3, 0.4) is 0 Å². The van der Waals surface area contributed by atoms with Crippen LogP contribution in [0.1, 0.15) is 41.9 Å². The summed E-state index contributed by atoms with van der Waals surface area (Å²) >= 11 is 0. The molecule has 5 rings (SSSR count). The third-order valence-electron chi connectivity index (χ3n) is 5.79. The van der Waals surface area contributed by atoms with Gasteiger partial charge in [0, 0.05) is 48.8 Å². The zero-order chi connectivity index (χ0) is 21.9. The summed E-state index contributed by atoms with van der Waals surface area (Å²) in [6.45, 7) is 1.98. The van der Waals surface area contributed by atoms with Crippen molar-refractivity contribution in [2.24, 2.45) is 0 Å². The van der Waals surface area contributed by atoms with Crippen molar-refractivity contribution in [3.05, 3.63) is 60.0 Å². The molecule has 0 saturated heterocycles. The average Bonchev–Trinajstić information content (AvgIpc) is 3.27. The third-order valence-corrected chi connectivity index (χ3v) is 5.79. The van der Waals surface area contributed by atoms with E-state index in [1.165, 1.54) is 12.8 Å². The van der Waals surface area contributed by atoms with Gasteiger partial charge >= 0.3 is 0 Å². The number of nitrogens with one attached hydrogen (secondary N) is 1. The fraction of sp³-hybridized carbons (Fsp3) is 0.320. The maximum Gasteiger partial charge on any atom is 0.224 e. The van der Waals surface area contributed by atoms with E-state index in [1.807, 2.05) is 24.3 Å². The number of aryl methyl sites for hydroxylation is 2. The Balaban J connectivity index is 1.20. The van der Waals surface area contributed by atoms with Crippen molar-refractivity contribution >= 4 is 17.4 Å². The Kier molecular flexibility index (Phi) is 5.62. The molecule has 3 aromatic rings. The summed E-state index contributed by atoms with van der Waals surface area (Å²) in [6, 6.07) is 12.8. The lowest BCUT2D eigenvalue weighted by Gasteiger charge is -2.18. The van der Waals surface area contributed by atoms with Crippen LogP contribution in [-0.2, 0) is 17.8 Å². The minimum atomic E-state index is -0.197. The predicted octanol–water partition coefficient (Wildman–Crippen LogP) is 4.26. The lowest BCUT2D eigenvalue weighted by Crippen LogP contribution is -2.16. The molecule has 7 heteroatoms. The van der Waals surface area contributed by atoms with Crippen LogP contribution in [0.4, 0.5) is 5.69 Å². The van der Waals surface area contributed by atoms with E-state index in [9.17, 15) is 9.59 Å². The molecule has 2 aliphatic heterocycles. The van der Waals surface area contributed by atoms with Gasteiger partial charge in [0.15, 0.2) is 17.3 Å². The van der Waals surface area contributed by atoms with Gasteiger partial charge in [0.1, 0.15) is 19.0 Å². The van der Waals surface area contributed by atoms with Crippen molar-refractivity contribution in [1.82, 2.24) is 9.55 Å². The first kappa shape index (κ1) is 20.3. The van der Waals surface area contributed by atoms with Crippen LogP contribution in [0.25, 0.3) is 11.3 Å². The molecule has 0 unspecified atom stereocenters. The fourth-order valence-corrected chi connectivity index (χ4v) is 4.12. The number of ether oxygens (including phenoxy) is 2. The molecule has 2 aromatic carbocycles. The van der Waals surface area contributed by atoms with Gasteiger partial charge in [-0.15, -0.1) is 0 Å². The second kappa shape index (κ2) is 8.86. The smallest absolute Gasteiger partial charge is 0.224 e. The van der Waals surface area contributed by atoms with Gasteiger partial charge in [-0.3, -0.25) is 9.59 Å². The number of carbonyl (C=O) groups excluding carboxylic acids is 2. The first-order chi connectivity index (χ1) is 15.7. The number of aromatic nitrogens is 2. The van der Waals surface area contributed by atoms with E-state index in [0.29, 0.717) is 36.0 Å². The van der Waals surface area contributed by atoms with Crippen LogP contribution < -0.4 is 14.8 Å². The largest absolute Gasteiger partial charge is 0.486 e. The van der Waals surface area contributed by atoms with Gasteiger partial charge in [-0.1, -0.05) is 12.1 Å². The highest BCUT2D eigenvalue weighted by Gasteiger charge is 2.17. The molecule has 0 fully saturated rings. The highest BCUT2D eigenvalue weighted by molar-refractivity contribution is 6.00. The molecule has 1 amide bonds. The Morgan fingerprint density at radius 1 is 1.00 bits per heavy atom. The van der Waals surface area contributed by atoms with Crippen LogP contribution in [0, 0.1) is 0 Å². The Labute approximate surface area is 186 Å². The fourth-order valence-electron chi connectivity index (χ4n) is 4.12. The van der Waals surface area contributed by atoms with Crippen LogP contribution in [-0.4, -0.2) is 34.5 Å². The van der Waals surface area contributed by atoms with Gasteiger partial charge in [-0.2, -0.15) is 0 Å². The van der Waals surface area contributed by atoms with E-state index in [2.05, 4.69) is 16.1 Å². The normalized spacial score (nSPS) is 14.5. The maximum atomic E-state index is 12.5. The number of ketones is 1. The summed E-state index contributed by atoms with van der Waals surface area (Å²) in [6.07, 6.45) is 5.69. The van der Waals surface area contributed by atoms with E-state index in [1.54, 1.807) is 18.2 Å². The molecular formula is C25H25N3O4. The molecule has 3 heterocycles. The molecule has 0 bridgehead atoms. The van der Waals surface area contributed by atoms with E-state index < -0.39 is 0 Å². The molecule has 0 radical (unpaired) electrons. The first-order valence-electron chi connectivity index (χ1n) is 11.0. The summed E-state index contributed by atoms with van der Waals surface area (Å²) in [5.41, 5.74) is 3.11. The van der Waals surface area contributed by atoms with Gasteiger partial charge < -0.3 is 19.4 Å². The SMILES string of the molecule is O=C(CCC(=O)c1ccc2c(c1)OCCO2)Nc1cccc(-c2cn3c(n2)CCCC3)c1. The number of carbonyl (C=O) groups is 2. The Morgan fingerprint density at radius 3 is 2.75 bits per heavy atom. The minimum Gasteiger partial charge on any atom is -0.486 e. The standard InChI is InChI=1S/C25H25N3O4/c29-21(18-7-9-22-23(15-18)32-13-12-31-22)8-10-25(30)26-19-5-3-4-17(14-19)20-16-28-11-2-1-6-24(28)27-20/h3-5,7,9,14-16H,1-2,6,8,10-13H2,(H,26,30). The van der Waals surface area contributed by atoms with E-state index in [4.69, 9.17) is 14.5 Å². The van der Waals surface area contributed by atoms with Crippen molar-refractivity contribution < 1.29 is 19.1 Å². The highest BCUT2D eigenvalue weighted by atomic mass is 16.6. The number of benzene rings is 2. The molecule has 7 nitrogen and oxygen atoms in total. The monoisotopic (exact) mass is 431 g/mol. The summed E-state index contributed by atoms with van der Waals surface area (Å²) < 4.78 is 13.2. The number of hydrogen-bond acceptors (Lipinski definition) is 5. The van der Waals surface area contributed by atoms with Crippen LogP contribution in [0.2, 0.25) is 0 Å². The Bertz CT molecular complexity index is 1140. The van der Waals surface area contributed by atoms with Gasteiger partial charge in [0.25, 0.3) is 0 Å². The lowest BCUT2D eigenvalue weighted by atomic mass is 10.1. The van der Waals surface area contributed by atoms with Crippen LogP contribution in [0.15, 0.2) is 48.7 Å². The van der Waals surface area contributed by atoms with Crippen molar-refractivity contribution in [1.29, 1.82) is 0 Å². The van der Waals surface area contributed by atoms with E-state index in [0.717, 1.165) is 30.0 Å². The van der Waals surface area contributed by atoms with Gasteiger partial charge in [0.2, 0.25) is 5.91 Å². The molecule has 1 N–H and O–H groups in total. The quantitative estimate of drug-likeness (QED) is 0.590. The maximum absolute atomic E-state index is 12.5. The molecule has 0 spiro atoms. The molecule has 1 aromatic heterocycles. The van der Waals surface area contributed by atoms with Crippen molar-refractivity contribution in [3.63, 3.8) is 0 Å². The van der Waals surface area contributed by atoms with Crippen LogP contribution >= 0.6 is 0 Å². The van der Waals surface area contributed by atoms with Gasteiger partial charge in [-0.25, -0.2) is 4.98 Å². The van der Waals surface area contributed by atoms with Crippen molar-refractivity contribution in [2.75, 3.05) is 18.5 Å². The molecule has 0 saturated carbocycles. The second-order valence-electron chi connectivity index (χ2n) is 8.10. The average molecular weight is 431 g/mol. The number of amides is 1. The molecule has 0 aliphatic carbocycles. The summed E-state index contributed by atoms with van der Waals surface area (Å²) in [5, 5.41) is 2.90. The topological polar surface area (TPSA) is 82.5 Å². The van der Waals surface area contributed by atoms with Gasteiger partial charge in [-0.05, 0) is 43.2 Å². The van der Waals surface area contributed by atoms with Crippen molar-refractivity contribution in [2.45, 2.75) is 38.6 Å². The zero-order valence-corrected chi connectivity index (χ0v) is 17.8. The van der Waals surface area contributed by atoms with Crippen molar-refractivity contribution in [3.8, 4) is 22.8 Å². The first-order valence-corrected chi connectivity index (χ1v) is 11.0. The summed E-state index contributed by atoms with van der Waals surface area (Å²) in [4.78, 5) is 29.7. The third kappa shape index (κ3) is 4.37. The Morgan fingerprint density at radius 2 is 1.88 bits per heavy atom. The lowest BCUT2D eigenvalue weighted by molar-refractivity contribution is -0.116. The van der Waals surface area contributed by atoms with Crippen LogP contribution in [0.5, 0.6) is 11.5 Å². The number of rotatable bonds is 6. The Hall–Kier alpha value is -3.61. The number of fused-ring (bicyclic) bond motifs is 2. The molecule has 2 aliphatic rings. The second-order valence-corrected chi connectivity index (χ2v) is 8.10. The number of anilines is 1. The number of imidazole rings is 1. The number of Topliss-reactive ketones (excluding diaryl/α,β-unsaturated/α-hetero) is 1. The van der Waals surface area contributed by atoms with E-state index in [-0.39, 0.29) is 24.5 Å². The molecule has 0 atom stereocenters. The zero-order valence-electron chi connectivity index (χ0n) is 17.8.